The SMILES string of the molecule is CC(C)(C)OC(=O)N1CCC[C@H]1C[S@](=O)c1ccnc(Cl)n1. The Labute approximate surface area is 137 Å². The third kappa shape index (κ3) is 4.64. The molecule has 0 N–H and O–H groups in total. The van der Waals surface area contributed by atoms with E-state index in [-0.39, 0.29) is 17.4 Å². The van der Waals surface area contributed by atoms with E-state index in [9.17, 15) is 9.00 Å². The van der Waals surface area contributed by atoms with Crippen LogP contribution in [0.4, 0.5) is 4.79 Å². The van der Waals surface area contributed by atoms with Gasteiger partial charge in [-0.2, -0.15) is 0 Å². The van der Waals surface area contributed by atoms with Gasteiger partial charge in [0.15, 0.2) is 0 Å². The fourth-order valence-electron chi connectivity index (χ4n) is 2.28. The maximum absolute atomic E-state index is 12.4. The molecule has 1 aliphatic heterocycles. The fourth-order valence-corrected chi connectivity index (χ4v) is 3.74. The average molecular weight is 346 g/mol. The van der Waals surface area contributed by atoms with Gasteiger partial charge in [-0.05, 0) is 51.3 Å². The normalized spacial score (nSPS) is 20.0. The summed E-state index contributed by atoms with van der Waals surface area (Å²) >= 11 is 5.72. The number of amides is 1. The first-order valence-corrected chi connectivity index (χ1v) is 8.82. The lowest BCUT2D eigenvalue weighted by atomic mass is 10.2. The summed E-state index contributed by atoms with van der Waals surface area (Å²) in [7, 11) is -1.33. The van der Waals surface area contributed by atoms with E-state index in [0.29, 0.717) is 17.3 Å². The largest absolute Gasteiger partial charge is 0.444 e. The number of nitrogens with zero attached hydrogens (tertiary/aromatic N) is 3. The summed E-state index contributed by atoms with van der Waals surface area (Å²) in [6.45, 7) is 6.12. The molecule has 1 amide bonds. The Morgan fingerprint density at radius 1 is 1.55 bits per heavy atom. The number of rotatable bonds is 3. The lowest BCUT2D eigenvalue weighted by molar-refractivity contribution is 0.0241. The third-order valence-electron chi connectivity index (χ3n) is 3.18. The van der Waals surface area contributed by atoms with E-state index in [1.54, 1.807) is 11.0 Å². The standard InChI is InChI=1S/C14H20ClN3O3S/c1-14(2,3)21-13(19)18-8-4-5-10(18)9-22(20)11-6-7-16-12(15)17-11/h6-7,10H,4-5,8-9H2,1-3H3/t10-,22-/m0/s1. The van der Waals surface area contributed by atoms with Crippen molar-refractivity contribution >= 4 is 28.5 Å². The Bertz CT molecular complexity index is 577. The van der Waals surface area contributed by atoms with E-state index in [0.717, 1.165) is 12.8 Å². The molecule has 2 atom stereocenters. The van der Waals surface area contributed by atoms with Gasteiger partial charge in [-0.3, -0.25) is 4.21 Å². The molecule has 0 aromatic carbocycles. The highest BCUT2D eigenvalue weighted by molar-refractivity contribution is 7.85. The Balaban J connectivity index is 2.02. The topological polar surface area (TPSA) is 72.4 Å². The van der Waals surface area contributed by atoms with Gasteiger partial charge in [0.05, 0.1) is 16.6 Å². The van der Waals surface area contributed by atoms with E-state index in [2.05, 4.69) is 9.97 Å². The zero-order valence-corrected chi connectivity index (χ0v) is 14.5. The second-order valence-corrected chi connectivity index (χ2v) is 7.93. The predicted octanol–water partition coefficient (Wildman–Crippen LogP) is 2.64. The number of halogens is 1. The van der Waals surface area contributed by atoms with Crippen LogP contribution < -0.4 is 0 Å². The van der Waals surface area contributed by atoms with Crippen LogP contribution in [0.2, 0.25) is 5.28 Å². The zero-order chi connectivity index (χ0) is 16.3. The average Bonchev–Trinajstić information content (AvgIpc) is 2.85. The monoisotopic (exact) mass is 345 g/mol. The van der Waals surface area contributed by atoms with Crippen molar-refractivity contribution in [2.45, 2.75) is 50.3 Å². The number of carbonyl (C=O) groups is 1. The van der Waals surface area contributed by atoms with Gasteiger partial charge in [-0.1, -0.05) is 0 Å². The molecule has 2 heterocycles. The number of likely N-dealkylation sites (tertiary alicyclic amines) is 1. The maximum Gasteiger partial charge on any atom is 0.410 e. The first-order valence-electron chi connectivity index (χ1n) is 7.13. The molecule has 0 bridgehead atoms. The van der Waals surface area contributed by atoms with E-state index in [1.165, 1.54) is 6.20 Å². The minimum Gasteiger partial charge on any atom is -0.444 e. The van der Waals surface area contributed by atoms with Crippen LogP contribution in [0, 0.1) is 0 Å². The lowest BCUT2D eigenvalue weighted by Gasteiger charge is -2.28. The molecule has 22 heavy (non-hydrogen) atoms. The summed E-state index contributed by atoms with van der Waals surface area (Å²) in [6, 6.07) is 1.47. The van der Waals surface area contributed by atoms with E-state index >= 15 is 0 Å². The van der Waals surface area contributed by atoms with Crippen molar-refractivity contribution in [2.75, 3.05) is 12.3 Å². The van der Waals surface area contributed by atoms with Crippen molar-refractivity contribution in [2.24, 2.45) is 0 Å². The summed E-state index contributed by atoms with van der Waals surface area (Å²) < 4.78 is 17.8. The van der Waals surface area contributed by atoms with Gasteiger partial charge in [0.1, 0.15) is 10.6 Å². The summed E-state index contributed by atoms with van der Waals surface area (Å²) in [6.07, 6.45) is 2.81. The Morgan fingerprint density at radius 3 is 2.91 bits per heavy atom. The number of hydrogen-bond donors (Lipinski definition) is 0. The molecule has 0 saturated carbocycles. The van der Waals surface area contributed by atoms with Crippen LogP contribution in [-0.2, 0) is 15.5 Å². The molecule has 122 valence electrons. The zero-order valence-electron chi connectivity index (χ0n) is 12.9. The smallest absolute Gasteiger partial charge is 0.410 e. The first kappa shape index (κ1) is 17.1. The lowest BCUT2D eigenvalue weighted by Crippen LogP contribution is -2.42. The van der Waals surface area contributed by atoms with Gasteiger partial charge < -0.3 is 9.64 Å². The van der Waals surface area contributed by atoms with Gasteiger partial charge in [0.2, 0.25) is 5.28 Å². The molecular weight excluding hydrogens is 326 g/mol. The molecule has 0 radical (unpaired) electrons. The molecule has 1 aromatic heterocycles. The molecule has 1 fully saturated rings. The second kappa shape index (κ2) is 6.91. The highest BCUT2D eigenvalue weighted by Gasteiger charge is 2.33. The second-order valence-electron chi connectivity index (χ2n) is 6.15. The van der Waals surface area contributed by atoms with Crippen molar-refractivity contribution in [3.63, 3.8) is 0 Å². The third-order valence-corrected chi connectivity index (χ3v) is 4.75. The van der Waals surface area contributed by atoms with Gasteiger partial charge in [0.25, 0.3) is 0 Å². The van der Waals surface area contributed by atoms with Crippen LogP contribution >= 0.6 is 11.6 Å². The molecule has 1 aliphatic rings. The van der Waals surface area contributed by atoms with Crippen LogP contribution in [-0.4, -0.2) is 49.1 Å². The summed E-state index contributed by atoms with van der Waals surface area (Å²) in [5.41, 5.74) is -0.538. The van der Waals surface area contributed by atoms with Crippen LogP contribution in [0.5, 0.6) is 0 Å². The molecule has 1 saturated heterocycles. The summed E-state index contributed by atoms with van der Waals surface area (Å²) in [4.78, 5) is 21.6. The van der Waals surface area contributed by atoms with Gasteiger partial charge >= 0.3 is 6.09 Å². The summed E-state index contributed by atoms with van der Waals surface area (Å²) in [5.74, 6) is 0.326. The summed E-state index contributed by atoms with van der Waals surface area (Å²) in [5, 5.41) is 0.456. The minimum atomic E-state index is -1.33. The Kier molecular flexibility index (Phi) is 5.39. The molecular formula is C14H20ClN3O3S. The number of ether oxygens (including phenoxy) is 1. The molecule has 0 spiro atoms. The molecule has 8 heteroatoms. The highest BCUT2D eigenvalue weighted by Crippen LogP contribution is 2.22. The molecule has 1 aromatic rings. The van der Waals surface area contributed by atoms with Gasteiger partial charge in [0, 0.05) is 18.8 Å². The highest BCUT2D eigenvalue weighted by atomic mass is 35.5. The van der Waals surface area contributed by atoms with Crippen LogP contribution in [0.25, 0.3) is 0 Å². The van der Waals surface area contributed by atoms with Crippen molar-refractivity contribution in [3.05, 3.63) is 17.5 Å². The minimum absolute atomic E-state index is 0.0706. The quantitative estimate of drug-likeness (QED) is 0.622. The van der Waals surface area contributed by atoms with Gasteiger partial charge in [-0.25, -0.2) is 14.8 Å². The predicted molar refractivity (Wildman–Crippen MR) is 84.3 cm³/mol. The van der Waals surface area contributed by atoms with Crippen LogP contribution in [0.3, 0.4) is 0 Å². The van der Waals surface area contributed by atoms with Crippen molar-refractivity contribution in [1.82, 2.24) is 14.9 Å². The Morgan fingerprint density at radius 2 is 2.27 bits per heavy atom. The van der Waals surface area contributed by atoms with E-state index in [4.69, 9.17) is 16.3 Å². The van der Waals surface area contributed by atoms with Crippen molar-refractivity contribution < 1.29 is 13.7 Å². The number of carbonyl (C=O) groups excluding carboxylic acids is 1. The van der Waals surface area contributed by atoms with E-state index in [1.807, 2.05) is 20.8 Å². The maximum atomic E-state index is 12.4. The molecule has 6 nitrogen and oxygen atoms in total. The van der Waals surface area contributed by atoms with E-state index < -0.39 is 16.4 Å². The van der Waals surface area contributed by atoms with Crippen molar-refractivity contribution in [1.29, 1.82) is 0 Å². The van der Waals surface area contributed by atoms with Crippen molar-refractivity contribution in [3.8, 4) is 0 Å². The molecule has 0 unspecified atom stereocenters. The van der Waals surface area contributed by atoms with Gasteiger partial charge in [-0.15, -0.1) is 0 Å². The molecule has 0 aliphatic carbocycles. The first-order chi connectivity index (χ1) is 10.3. The number of hydrogen-bond acceptors (Lipinski definition) is 5. The van der Waals surface area contributed by atoms with Crippen LogP contribution in [0.15, 0.2) is 17.3 Å². The fraction of sp³-hybridized carbons (Fsp3) is 0.643. The van der Waals surface area contributed by atoms with Crippen LogP contribution in [0.1, 0.15) is 33.6 Å². The molecule has 2 rings (SSSR count). The number of aromatic nitrogens is 2. The Hall–Kier alpha value is -1.21.